The van der Waals surface area contributed by atoms with Gasteiger partial charge in [0.2, 0.25) is 0 Å². The average molecular weight is 285 g/mol. The number of aliphatic hydroxyl groups is 1. The summed E-state index contributed by atoms with van der Waals surface area (Å²) in [6.45, 7) is -0.231. The molecule has 0 aliphatic carbocycles. The second kappa shape index (κ2) is 4.85. The topological polar surface area (TPSA) is 29.5 Å². The lowest BCUT2D eigenvalue weighted by molar-refractivity contribution is -0.274. The Kier molecular flexibility index (Phi) is 3.98. The molecule has 15 heavy (non-hydrogen) atoms. The minimum atomic E-state index is -4.71. The molecule has 0 heterocycles. The molecule has 1 aromatic carbocycles. The molecular formula is C9H8BrF3O2. The number of alkyl halides is 3. The number of hydrogen-bond donors (Lipinski definition) is 1. The first kappa shape index (κ1) is 12.3. The SMILES string of the molecule is OCCc1cc(Br)ccc1OC(F)(F)F. The maximum Gasteiger partial charge on any atom is 0.573 e. The summed E-state index contributed by atoms with van der Waals surface area (Å²) in [4.78, 5) is 0. The molecule has 1 N–H and O–H groups in total. The van der Waals surface area contributed by atoms with Gasteiger partial charge in [-0.1, -0.05) is 15.9 Å². The van der Waals surface area contributed by atoms with Crippen LogP contribution in [0.25, 0.3) is 0 Å². The lowest BCUT2D eigenvalue weighted by atomic mass is 10.1. The van der Waals surface area contributed by atoms with Crippen LogP contribution in [0, 0.1) is 0 Å². The van der Waals surface area contributed by atoms with Crippen molar-refractivity contribution in [3.8, 4) is 5.75 Å². The predicted molar refractivity (Wildman–Crippen MR) is 51.6 cm³/mol. The van der Waals surface area contributed by atoms with Gasteiger partial charge in [-0.25, -0.2) is 0 Å². The largest absolute Gasteiger partial charge is 0.573 e. The zero-order chi connectivity index (χ0) is 11.5. The van der Waals surface area contributed by atoms with Crippen LogP contribution >= 0.6 is 15.9 Å². The summed E-state index contributed by atoms with van der Waals surface area (Å²) >= 11 is 3.13. The van der Waals surface area contributed by atoms with E-state index in [0.29, 0.717) is 10.0 Å². The van der Waals surface area contributed by atoms with Crippen LogP contribution in [0.1, 0.15) is 5.56 Å². The van der Waals surface area contributed by atoms with E-state index in [9.17, 15) is 13.2 Å². The molecule has 0 unspecified atom stereocenters. The van der Waals surface area contributed by atoms with Crippen molar-refractivity contribution in [1.82, 2.24) is 0 Å². The molecule has 1 aromatic rings. The molecule has 2 nitrogen and oxygen atoms in total. The van der Waals surface area contributed by atoms with Crippen LogP contribution in [0.2, 0.25) is 0 Å². The summed E-state index contributed by atoms with van der Waals surface area (Å²) < 4.78 is 40.3. The van der Waals surface area contributed by atoms with Crippen LogP contribution in [-0.2, 0) is 6.42 Å². The van der Waals surface area contributed by atoms with Crippen molar-refractivity contribution < 1.29 is 23.0 Å². The Bertz CT molecular complexity index is 339. The van der Waals surface area contributed by atoms with Gasteiger partial charge in [0.15, 0.2) is 0 Å². The van der Waals surface area contributed by atoms with Crippen LogP contribution in [0.15, 0.2) is 22.7 Å². The van der Waals surface area contributed by atoms with Crippen LogP contribution in [0.5, 0.6) is 5.75 Å². The van der Waals surface area contributed by atoms with Crippen LogP contribution in [0.3, 0.4) is 0 Å². The van der Waals surface area contributed by atoms with Gasteiger partial charge in [-0.3, -0.25) is 0 Å². The van der Waals surface area contributed by atoms with Crippen molar-refractivity contribution in [3.05, 3.63) is 28.2 Å². The van der Waals surface area contributed by atoms with Gasteiger partial charge in [0.05, 0.1) is 0 Å². The van der Waals surface area contributed by atoms with E-state index in [4.69, 9.17) is 5.11 Å². The molecular weight excluding hydrogens is 277 g/mol. The number of benzene rings is 1. The van der Waals surface area contributed by atoms with E-state index < -0.39 is 6.36 Å². The summed E-state index contributed by atoms with van der Waals surface area (Å²) in [7, 11) is 0. The fourth-order valence-electron chi connectivity index (χ4n) is 1.09. The Hall–Kier alpha value is -0.750. The molecule has 0 aromatic heterocycles. The maximum absolute atomic E-state index is 12.0. The van der Waals surface area contributed by atoms with Gasteiger partial charge in [-0.15, -0.1) is 13.2 Å². The van der Waals surface area contributed by atoms with E-state index in [1.807, 2.05) is 0 Å². The summed E-state index contributed by atoms with van der Waals surface area (Å²) in [5.41, 5.74) is 0.309. The summed E-state index contributed by atoms with van der Waals surface area (Å²) in [6, 6.07) is 4.14. The van der Waals surface area contributed by atoms with E-state index in [-0.39, 0.29) is 18.8 Å². The molecule has 0 bridgehead atoms. The fraction of sp³-hybridized carbons (Fsp3) is 0.333. The smallest absolute Gasteiger partial charge is 0.406 e. The van der Waals surface area contributed by atoms with Gasteiger partial charge in [0.25, 0.3) is 0 Å². The molecule has 0 saturated heterocycles. The Labute approximate surface area is 92.8 Å². The second-order valence-electron chi connectivity index (χ2n) is 2.77. The van der Waals surface area contributed by atoms with Gasteiger partial charge >= 0.3 is 6.36 Å². The van der Waals surface area contributed by atoms with Gasteiger partial charge in [-0.2, -0.15) is 0 Å². The third-order valence-corrected chi connectivity index (χ3v) is 2.12. The van der Waals surface area contributed by atoms with Gasteiger partial charge in [0.1, 0.15) is 5.75 Å². The quantitative estimate of drug-likeness (QED) is 0.925. The Morgan fingerprint density at radius 2 is 2.00 bits per heavy atom. The van der Waals surface area contributed by atoms with Crippen molar-refractivity contribution in [2.75, 3.05) is 6.61 Å². The fourth-order valence-corrected chi connectivity index (χ4v) is 1.50. The zero-order valence-electron chi connectivity index (χ0n) is 7.51. The molecule has 0 radical (unpaired) electrons. The van der Waals surface area contributed by atoms with Crippen molar-refractivity contribution >= 4 is 15.9 Å². The molecule has 1 rings (SSSR count). The molecule has 0 aliphatic heterocycles. The highest BCUT2D eigenvalue weighted by atomic mass is 79.9. The monoisotopic (exact) mass is 284 g/mol. The third kappa shape index (κ3) is 4.09. The Morgan fingerprint density at radius 3 is 2.53 bits per heavy atom. The predicted octanol–water partition coefficient (Wildman–Crippen LogP) is 2.88. The summed E-state index contributed by atoms with van der Waals surface area (Å²) in [6.07, 6.45) is -4.59. The van der Waals surface area contributed by atoms with Crippen molar-refractivity contribution in [3.63, 3.8) is 0 Å². The normalized spacial score (nSPS) is 11.5. The van der Waals surface area contributed by atoms with Crippen LogP contribution in [0.4, 0.5) is 13.2 Å². The van der Waals surface area contributed by atoms with Gasteiger partial charge in [0, 0.05) is 11.1 Å². The maximum atomic E-state index is 12.0. The summed E-state index contributed by atoms with van der Waals surface area (Å²) in [5, 5.41) is 8.68. The molecule has 0 aliphatic rings. The van der Waals surface area contributed by atoms with Crippen LogP contribution in [-0.4, -0.2) is 18.1 Å². The standard InChI is InChI=1S/C9H8BrF3O2/c10-7-1-2-8(15-9(11,12)13)6(5-7)3-4-14/h1-2,5,14H,3-4H2. The van der Waals surface area contributed by atoms with Gasteiger partial charge < -0.3 is 9.84 Å². The molecule has 0 saturated carbocycles. The first-order valence-corrected chi connectivity index (χ1v) is 4.86. The molecule has 84 valence electrons. The molecule has 0 spiro atoms. The van der Waals surface area contributed by atoms with Crippen LogP contribution < -0.4 is 4.74 Å². The zero-order valence-corrected chi connectivity index (χ0v) is 9.10. The van der Waals surface area contributed by atoms with Gasteiger partial charge in [-0.05, 0) is 30.2 Å². The van der Waals surface area contributed by atoms with E-state index in [1.54, 1.807) is 0 Å². The lowest BCUT2D eigenvalue weighted by Crippen LogP contribution is -2.18. The van der Waals surface area contributed by atoms with E-state index in [2.05, 4.69) is 20.7 Å². The first-order chi connectivity index (χ1) is 6.92. The minimum Gasteiger partial charge on any atom is -0.406 e. The highest BCUT2D eigenvalue weighted by Gasteiger charge is 2.31. The highest BCUT2D eigenvalue weighted by Crippen LogP contribution is 2.28. The van der Waals surface area contributed by atoms with E-state index in [1.165, 1.54) is 18.2 Å². The Morgan fingerprint density at radius 1 is 1.33 bits per heavy atom. The first-order valence-electron chi connectivity index (χ1n) is 4.07. The molecule has 0 amide bonds. The third-order valence-electron chi connectivity index (χ3n) is 1.63. The number of halogens is 4. The molecule has 0 atom stereocenters. The van der Waals surface area contributed by atoms with Crippen molar-refractivity contribution in [1.29, 1.82) is 0 Å². The number of ether oxygens (including phenoxy) is 1. The number of rotatable bonds is 3. The summed E-state index contributed by atoms with van der Waals surface area (Å²) in [5.74, 6) is -0.278. The Balaban J connectivity index is 2.95. The van der Waals surface area contributed by atoms with E-state index >= 15 is 0 Å². The average Bonchev–Trinajstić information content (AvgIpc) is 2.08. The van der Waals surface area contributed by atoms with Crippen molar-refractivity contribution in [2.45, 2.75) is 12.8 Å². The number of hydrogen-bond acceptors (Lipinski definition) is 2. The second-order valence-corrected chi connectivity index (χ2v) is 3.69. The van der Waals surface area contributed by atoms with E-state index in [0.717, 1.165) is 0 Å². The minimum absolute atomic E-state index is 0.116. The molecule has 6 heteroatoms. The number of aliphatic hydroxyl groups excluding tert-OH is 1. The lowest BCUT2D eigenvalue weighted by Gasteiger charge is -2.12. The highest BCUT2D eigenvalue weighted by molar-refractivity contribution is 9.10. The molecule has 0 fully saturated rings. The van der Waals surface area contributed by atoms with Crippen molar-refractivity contribution in [2.24, 2.45) is 0 Å².